The average molecular weight is 197 g/mol. The Hall–Kier alpha value is 0.217. The molecular weight excluding hydrogens is 172 g/mol. The Morgan fingerprint density at radius 2 is 1.08 bits per heavy atom. The van der Waals surface area contributed by atoms with Gasteiger partial charge in [0.25, 0.3) is 0 Å². The van der Waals surface area contributed by atoms with Crippen LogP contribution in [0.3, 0.4) is 0 Å². The van der Waals surface area contributed by atoms with Gasteiger partial charge in [-0.3, -0.25) is 0 Å². The quantitative estimate of drug-likeness (QED) is 0.540. The van der Waals surface area contributed by atoms with Gasteiger partial charge < -0.3 is 0 Å². The molecule has 1 aliphatic carbocycles. The first-order valence-electron chi connectivity index (χ1n) is 5.96. The zero-order valence-electron chi connectivity index (χ0n) is 9.66. The topological polar surface area (TPSA) is 0 Å². The molecule has 0 aliphatic heterocycles. The van der Waals surface area contributed by atoms with E-state index in [1.54, 1.807) is 0 Å². The molecule has 0 bridgehead atoms. The second-order valence-corrected chi connectivity index (χ2v) is 10.7. The summed E-state index contributed by atoms with van der Waals surface area (Å²) in [5.74, 6) is 0. The van der Waals surface area contributed by atoms with Gasteiger partial charge >= 0.3 is 0 Å². The summed E-state index contributed by atoms with van der Waals surface area (Å²) in [5.41, 5.74) is 1.95. The maximum absolute atomic E-state index is 2.51. The van der Waals surface area contributed by atoms with Gasteiger partial charge in [0.1, 0.15) is 0 Å². The van der Waals surface area contributed by atoms with Gasteiger partial charge in [0, 0.05) is 0 Å². The van der Waals surface area contributed by atoms with Crippen LogP contribution in [0.4, 0.5) is 0 Å². The normalized spacial score (nSPS) is 23.3. The van der Waals surface area contributed by atoms with Gasteiger partial charge in [-0.1, -0.05) is 58.2 Å². The summed E-state index contributed by atoms with van der Waals surface area (Å²) < 4.78 is 0. The maximum Gasteiger partial charge on any atom is 0.0508 e. The largest absolute Gasteiger partial charge is 0.0691 e. The molecule has 0 heterocycles. The highest BCUT2D eigenvalue weighted by Crippen LogP contribution is 2.30. The summed E-state index contributed by atoms with van der Waals surface area (Å²) in [6, 6.07) is 0. The van der Waals surface area contributed by atoms with Crippen LogP contribution in [0.1, 0.15) is 51.4 Å². The first-order valence-corrected chi connectivity index (χ1v) is 9.46. The molecular formula is C12H25Si. The molecule has 0 atom stereocenters. The molecule has 1 fully saturated rings. The minimum atomic E-state index is -0.917. The zero-order chi connectivity index (χ0) is 9.73. The second-order valence-electron chi connectivity index (χ2n) is 5.47. The van der Waals surface area contributed by atoms with Gasteiger partial charge in [-0.25, -0.2) is 0 Å². The molecule has 0 unspecified atom stereocenters. The summed E-state index contributed by atoms with van der Waals surface area (Å²) in [6.45, 7) is 7.54. The average Bonchev–Trinajstić information content (AvgIpc) is 2.14. The van der Waals surface area contributed by atoms with Crippen molar-refractivity contribution < 1.29 is 0 Å². The van der Waals surface area contributed by atoms with Crippen LogP contribution in [0.5, 0.6) is 0 Å². The first kappa shape index (κ1) is 11.3. The van der Waals surface area contributed by atoms with Crippen LogP contribution in [0, 0.1) is 5.54 Å². The molecule has 0 aromatic heterocycles. The number of hydrogen-bond donors (Lipinski definition) is 0. The van der Waals surface area contributed by atoms with Crippen LogP contribution < -0.4 is 0 Å². The van der Waals surface area contributed by atoms with E-state index in [0.717, 1.165) is 0 Å². The Morgan fingerprint density at radius 1 is 0.692 bits per heavy atom. The van der Waals surface area contributed by atoms with Crippen LogP contribution in [-0.4, -0.2) is 8.07 Å². The Labute approximate surface area is 85.1 Å². The molecule has 77 valence electrons. The van der Waals surface area contributed by atoms with Crippen molar-refractivity contribution >= 4 is 8.07 Å². The van der Waals surface area contributed by atoms with Gasteiger partial charge in [-0.15, -0.1) is 0 Å². The van der Waals surface area contributed by atoms with Crippen molar-refractivity contribution in [1.29, 1.82) is 0 Å². The molecule has 1 rings (SSSR count). The summed E-state index contributed by atoms with van der Waals surface area (Å²) in [6.07, 6.45) is 11.8. The molecule has 1 saturated carbocycles. The van der Waals surface area contributed by atoms with Crippen molar-refractivity contribution in [3.8, 4) is 0 Å². The second kappa shape index (κ2) is 5.19. The van der Waals surface area contributed by atoms with Gasteiger partial charge in [0.15, 0.2) is 0 Å². The third-order valence-electron chi connectivity index (χ3n) is 3.27. The smallest absolute Gasteiger partial charge is 0.0508 e. The Morgan fingerprint density at radius 3 is 1.46 bits per heavy atom. The molecule has 0 aromatic carbocycles. The molecule has 0 saturated heterocycles. The van der Waals surface area contributed by atoms with Gasteiger partial charge in [0.05, 0.1) is 8.07 Å². The fraction of sp³-hybridized carbons (Fsp3) is 0.917. The highest BCUT2D eigenvalue weighted by atomic mass is 28.3. The standard InChI is InChI=1S/C12H25Si/c1-13(2,3)12-10-8-6-4-5-7-9-11-12/h4-11H2,1-3H3. The molecule has 0 aromatic rings. The van der Waals surface area contributed by atoms with E-state index in [4.69, 9.17) is 0 Å². The molecule has 1 radical (unpaired) electrons. The highest BCUT2D eigenvalue weighted by Gasteiger charge is 2.26. The van der Waals surface area contributed by atoms with Crippen molar-refractivity contribution in [3.05, 3.63) is 5.54 Å². The van der Waals surface area contributed by atoms with E-state index < -0.39 is 8.07 Å². The highest BCUT2D eigenvalue weighted by molar-refractivity contribution is 6.81. The predicted octanol–water partition coefficient (Wildman–Crippen LogP) is 4.57. The van der Waals surface area contributed by atoms with Crippen LogP contribution in [0.2, 0.25) is 19.6 Å². The van der Waals surface area contributed by atoms with Crippen LogP contribution in [0.25, 0.3) is 0 Å². The molecule has 0 amide bonds. The molecule has 0 nitrogen and oxygen atoms in total. The van der Waals surface area contributed by atoms with Crippen LogP contribution >= 0.6 is 0 Å². The number of hydrogen-bond acceptors (Lipinski definition) is 0. The predicted molar refractivity (Wildman–Crippen MR) is 63.5 cm³/mol. The van der Waals surface area contributed by atoms with Gasteiger partial charge in [0.2, 0.25) is 0 Å². The van der Waals surface area contributed by atoms with E-state index in [1.165, 1.54) is 51.4 Å². The van der Waals surface area contributed by atoms with Crippen LogP contribution in [-0.2, 0) is 0 Å². The van der Waals surface area contributed by atoms with E-state index in [1.807, 2.05) is 5.54 Å². The molecule has 0 spiro atoms. The third-order valence-corrected chi connectivity index (χ3v) is 5.89. The van der Waals surface area contributed by atoms with Gasteiger partial charge in [-0.05, 0) is 18.4 Å². The lowest BCUT2D eigenvalue weighted by Crippen LogP contribution is -2.30. The lowest BCUT2D eigenvalue weighted by atomic mass is 10.1. The summed E-state index contributed by atoms with van der Waals surface area (Å²) in [4.78, 5) is 0. The van der Waals surface area contributed by atoms with Crippen LogP contribution in [0.15, 0.2) is 0 Å². The fourth-order valence-corrected chi connectivity index (χ4v) is 4.11. The van der Waals surface area contributed by atoms with E-state index >= 15 is 0 Å². The summed E-state index contributed by atoms with van der Waals surface area (Å²) in [7, 11) is -0.917. The van der Waals surface area contributed by atoms with Crippen molar-refractivity contribution in [2.24, 2.45) is 0 Å². The van der Waals surface area contributed by atoms with Crippen molar-refractivity contribution in [2.75, 3.05) is 0 Å². The first-order chi connectivity index (χ1) is 6.11. The Kier molecular flexibility index (Phi) is 4.50. The van der Waals surface area contributed by atoms with E-state index in [-0.39, 0.29) is 0 Å². The fourth-order valence-electron chi connectivity index (χ4n) is 2.26. The van der Waals surface area contributed by atoms with Crippen molar-refractivity contribution in [2.45, 2.75) is 71.0 Å². The summed E-state index contributed by atoms with van der Waals surface area (Å²) >= 11 is 0. The lowest BCUT2D eigenvalue weighted by Gasteiger charge is -2.28. The third kappa shape index (κ3) is 4.30. The molecule has 13 heavy (non-hydrogen) atoms. The van der Waals surface area contributed by atoms with Crippen molar-refractivity contribution in [1.82, 2.24) is 0 Å². The minimum Gasteiger partial charge on any atom is -0.0691 e. The van der Waals surface area contributed by atoms with Gasteiger partial charge in [-0.2, -0.15) is 0 Å². The minimum absolute atomic E-state index is 0.917. The van der Waals surface area contributed by atoms with Crippen molar-refractivity contribution in [3.63, 3.8) is 0 Å². The van der Waals surface area contributed by atoms with E-state index in [9.17, 15) is 0 Å². The lowest BCUT2D eigenvalue weighted by molar-refractivity contribution is 0.624. The molecule has 1 heteroatoms. The molecule has 1 aliphatic rings. The Bertz CT molecular complexity index is 125. The zero-order valence-corrected chi connectivity index (χ0v) is 10.7. The molecule has 0 N–H and O–H groups in total. The Balaban J connectivity index is 2.41. The summed E-state index contributed by atoms with van der Waals surface area (Å²) in [5, 5.41) is 0. The monoisotopic (exact) mass is 197 g/mol. The van der Waals surface area contributed by atoms with E-state index in [2.05, 4.69) is 19.6 Å². The maximum atomic E-state index is 2.51. The van der Waals surface area contributed by atoms with E-state index in [0.29, 0.717) is 0 Å². The number of rotatable bonds is 1. The SMILES string of the molecule is C[Si](C)(C)[C]1CCCCCCCC1.